The van der Waals surface area contributed by atoms with Gasteiger partial charge in [-0.2, -0.15) is 0 Å². The Morgan fingerprint density at radius 1 is 1.16 bits per heavy atom. The number of urea groups is 1. The first-order valence-corrected chi connectivity index (χ1v) is 9.00. The highest BCUT2D eigenvalue weighted by molar-refractivity contribution is 5.76. The van der Waals surface area contributed by atoms with Gasteiger partial charge in [-0.15, -0.1) is 0 Å². The topological polar surface area (TPSA) is 87.5 Å². The fraction of sp³-hybridized carbons (Fsp3) is 0.579. The third-order valence-corrected chi connectivity index (χ3v) is 4.83. The molecule has 0 bridgehead atoms. The lowest BCUT2D eigenvalue weighted by molar-refractivity contribution is -0.121. The van der Waals surface area contributed by atoms with Gasteiger partial charge in [-0.05, 0) is 44.2 Å². The number of hydrogen-bond donors (Lipinski definition) is 3. The number of benzene rings is 1. The molecule has 1 aromatic carbocycles. The Labute approximate surface area is 150 Å². The number of primary amides is 1. The van der Waals surface area contributed by atoms with E-state index in [1.165, 1.54) is 11.1 Å². The number of carbonyl (C=O) groups excluding carboxylic acids is 2. The second kappa shape index (κ2) is 8.85. The number of carbonyl (C=O) groups is 2. The highest BCUT2D eigenvalue weighted by Gasteiger charge is 2.29. The lowest BCUT2D eigenvalue weighted by atomic mass is 9.94. The van der Waals surface area contributed by atoms with Crippen LogP contribution in [0.1, 0.15) is 44.2 Å². The van der Waals surface area contributed by atoms with Crippen molar-refractivity contribution in [1.29, 1.82) is 0 Å². The van der Waals surface area contributed by atoms with Crippen LogP contribution in [0.4, 0.5) is 4.79 Å². The lowest BCUT2D eigenvalue weighted by Crippen LogP contribution is -2.53. The quantitative estimate of drug-likeness (QED) is 0.627. The molecule has 0 saturated heterocycles. The molecule has 2 rings (SSSR count). The molecule has 6 heteroatoms. The van der Waals surface area contributed by atoms with Gasteiger partial charge in [-0.25, -0.2) is 4.79 Å². The SMILES string of the molecule is CC(C)(CNC(=O)CCCCNC(N)=O)N1CCc2ccccc2C1. The van der Waals surface area contributed by atoms with Crippen molar-refractivity contribution < 1.29 is 9.59 Å². The third kappa shape index (κ3) is 6.05. The van der Waals surface area contributed by atoms with E-state index < -0.39 is 6.03 Å². The van der Waals surface area contributed by atoms with E-state index in [1.54, 1.807) is 0 Å². The van der Waals surface area contributed by atoms with Crippen molar-refractivity contribution in [3.05, 3.63) is 35.4 Å². The Bertz CT molecular complexity index is 601. The monoisotopic (exact) mass is 346 g/mol. The van der Waals surface area contributed by atoms with Crippen LogP contribution in [-0.2, 0) is 17.8 Å². The molecule has 0 saturated carbocycles. The van der Waals surface area contributed by atoms with E-state index in [0.717, 1.165) is 32.4 Å². The summed E-state index contributed by atoms with van der Waals surface area (Å²) in [6.45, 7) is 7.45. The van der Waals surface area contributed by atoms with Crippen LogP contribution < -0.4 is 16.4 Å². The molecule has 1 aliphatic heterocycles. The molecule has 0 fully saturated rings. The predicted molar refractivity (Wildman–Crippen MR) is 99.1 cm³/mol. The maximum Gasteiger partial charge on any atom is 0.312 e. The van der Waals surface area contributed by atoms with E-state index in [1.807, 2.05) is 0 Å². The largest absolute Gasteiger partial charge is 0.354 e. The van der Waals surface area contributed by atoms with Crippen molar-refractivity contribution in [3.8, 4) is 0 Å². The summed E-state index contributed by atoms with van der Waals surface area (Å²) < 4.78 is 0. The normalized spacial score (nSPS) is 14.6. The fourth-order valence-electron chi connectivity index (χ4n) is 3.15. The molecule has 138 valence electrons. The molecular formula is C19H30N4O2. The number of hydrogen-bond acceptors (Lipinski definition) is 3. The molecule has 0 aliphatic carbocycles. The maximum atomic E-state index is 12.0. The first-order chi connectivity index (χ1) is 11.9. The van der Waals surface area contributed by atoms with Gasteiger partial charge in [-0.3, -0.25) is 9.69 Å². The molecule has 4 N–H and O–H groups in total. The van der Waals surface area contributed by atoms with Crippen molar-refractivity contribution in [2.24, 2.45) is 5.73 Å². The molecule has 3 amide bonds. The van der Waals surface area contributed by atoms with Gasteiger partial charge in [-0.1, -0.05) is 24.3 Å². The van der Waals surface area contributed by atoms with E-state index in [0.29, 0.717) is 19.5 Å². The zero-order valence-corrected chi connectivity index (χ0v) is 15.3. The van der Waals surface area contributed by atoms with Crippen LogP contribution in [0.15, 0.2) is 24.3 Å². The summed E-state index contributed by atoms with van der Waals surface area (Å²) in [6.07, 6.45) is 3.02. The molecule has 0 aromatic heterocycles. The summed E-state index contributed by atoms with van der Waals surface area (Å²) in [5.41, 5.74) is 7.73. The van der Waals surface area contributed by atoms with Gasteiger partial charge < -0.3 is 16.4 Å². The van der Waals surface area contributed by atoms with Gasteiger partial charge in [0.15, 0.2) is 0 Å². The number of unbranched alkanes of at least 4 members (excludes halogenated alkanes) is 1. The van der Waals surface area contributed by atoms with Gasteiger partial charge in [0.1, 0.15) is 0 Å². The summed E-state index contributed by atoms with van der Waals surface area (Å²) in [5, 5.41) is 5.58. The average Bonchev–Trinajstić information content (AvgIpc) is 2.59. The van der Waals surface area contributed by atoms with Crippen LogP contribution in [0.5, 0.6) is 0 Å². The average molecular weight is 346 g/mol. The molecule has 1 aliphatic rings. The molecule has 0 radical (unpaired) electrons. The molecule has 25 heavy (non-hydrogen) atoms. The summed E-state index contributed by atoms with van der Waals surface area (Å²) in [5.74, 6) is 0.0598. The first-order valence-electron chi connectivity index (χ1n) is 9.00. The number of nitrogens with two attached hydrogens (primary N) is 1. The second-order valence-electron chi connectivity index (χ2n) is 7.28. The third-order valence-electron chi connectivity index (χ3n) is 4.83. The van der Waals surface area contributed by atoms with Crippen LogP contribution in [0, 0.1) is 0 Å². The van der Waals surface area contributed by atoms with Gasteiger partial charge in [0.25, 0.3) is 0 Å². The van der Waals surface area contributed by atoms with E-state index in [-0.39, 0.29) is 11.4 Å². The van der Waals surface area contributed by atoms with Crippen LogP contribution in [-0.4, -0.2) is 42.0 Å². The Hall–Kier alpha value is -2.08. The highest BCUT2D eigenvalue weighted by Crippen LogP contribution is 2.24. The molecule has 1 heterocycles. The number of amides is 3. The van der Waals surface area contributed by atoms with E-state index in [4.69, 9.17) is 5.73 Å². The number of nitrogens with one attached hydrogen (secondary N) is 2. The summed E-state index contributed by atoms with van der Waals surface area (Å²) in [4.78, 5) is 25.0. The maximum absolute atomic E-state index is 12.0. The van der Waals surface area contributed by atoms with Gasteiger partial charge in [0.2, 0.25) is 5.91 Å². The van der Waals surface area contributed by atoms with Crippen molar-refractivity contribution in [2.45, 2.75) is 51.6 Å². The molecule has 1 aromatic rings. The highest BCUT2D eigenvalue weighted by atomic mass is 16.2. The van der Waals surface area contributed by atoms with Crippen molar-refractivity contribution in [3.63, 3.8) is 0 Å². The lowest BCUT2D eigenvalue weighted by Gasteiger charge is -2.41. The second-order valence-corrected chi connectivity index (χ2v) is 7.28. The molecular weight excluding hydrogens is 316 g/mol. The van der Waals surface area contributed by atoms with Crippen molar-refractivity contribution in [2.75, 3.05) is 19.6 Å². The van der Waals surface area contributed by atoms with Crippen molar-refractivity contribution in [1.82, 2.24) is 15.5 Å². The van der Waals surface area contributed by atoms with Crippen LogP contribution in [0.2, 0.25) is 0 Å². The zero-order chi connectivity index (χ0) is 18.3. The zero-order valence-electron chi connectivity index (χ0n) is 15.3. The number of rotatable bonds is 8. The van der Waals surface area contributed by atoms with Crippen LogP contribution >= 0.6 is 0 Å². The Balaban J connectivity index is 1.72. The van der Waals surface area contributed by atoms with Gasteiger partial charge in [0.05, 0.1) is 0 Å². The molecule has 0 atom stereocenters. The number of fused-ring (bicyclic) bond motifs is 1. The van der Waals surface area contributed by atoms with Crippen molar-refractivity contribution >= 4 is 11.9 Å². The summed E-state index contributed by atoms with van der Waals surface area (Å²) in [6, 6.07) is 8.06. The predicted octanol–water partition coefficient (Wildman–Crippen LogP) is 1.78. The minimum Gasteiger partial charge on any atom is -0.354 e. The van der Waals surface area contributed by atoms with E-state index in [9.17, 15) is 9.59 Å². The Morgan fingerprint density at radius 2 is 1.88 bits per heavy atom. The van der Waals surface area contributed by atoms with Crippen LogP contribution in [0.25, 0.3) is 0 Å². The first kappa shape index (κ1) is 19.2. The molecule has 0 spiro atoms. The minimum absolute atomic E-state index is 0.0598. The smallest absolute Gasteiger partial charge is 0.312 e. The van der Waals surface area contributed by atoms with Gasteiger partial charge >= 0.3 is 6.03 Å². The Kier molecular flexibility index (Phi) is 6.82. The minimum atomic E-state index is -0.519. The van der Waals surface area contributed by atoms with Crippen LogP contribution in [0.3, 0.4) is 0 Å². The number of nitrogens with zero attached hydrogens (tertiary/aromatic N) is 1. The summed E-state index contributed by atoms with van der Waals surface area (Å²) >= 11 is 0. The fourth-order valence-corrected chi connectivity index (χ4v) is 3.15. The van der Waals surface area contributed by atoms with Gasteiger partial charge in [0, 0.05) is 38.1 Å². The standard InChI is InChI=1S/C19H30N4O2/c1-19(2,14-22-17(24)9-5-6-11-21-18(20)25)23-12-10-15-7-3-4-8-16(15)13-23/h3-4,7-8H,5-6,9-14H2,1-2H3,(H,22,24)(H3,20,21,25). The Morgan fingerprint density at radius 3 is 2.60 bits per heavy atom. The van der Waals surface area contributed by atoms with E-state index >= 15 is 0 Å². The van der Waals surface area contributed by atoms with E-state index in [2.05, 4.69) is 53.6 Å². The molecule has 6 nitrogen and oxygen atoms in total. The summed E-state index contributed by atoms with van der Waals surface area (Å²) in [7, 11) is 0. The molecule has 0 unspecified atom stereocenters.